The highest BCUT2D eigenvalue weighted by molar-refractivity contribution is 5.91. The van der Waals surface area contributed by atoms with Gasteiger partial charge in [0, 0.05) is 47.4 Å². The second kappa shape index (κ2) is 15.6. The summed E-state index contributed by atoms with van der Waals surface area (Å²) in [5, 5.41) is 13.7. The van der Waals surface area contributed by atoms with Gasteiger partial charge in [-0.2, -0.15) is 0 Å². The summed E-state index contributed by atoms with van der Waals surface area (Å²) in [6, 6.07) is 25.1. The number of hydrogen-bond donors (Lipinski definition) is 0. The smallest absolute Gasteiger partial charge is 0.242 e. The molecule has 12 rings (SSSR count). The molecular formula is C48H54N6O4. The molecule has 6 saturated heterocycles. The van der Waals surface area contributed by atoms with E-state index < -0.39 is 0 Å². The van der Waals surface area contributed by atoms with Gasteiger partial charge >= 0.3 is 0 Å². The summed E-state index contributed by atoms with van der Waals surface area (Å²) in [7, 11) is 3.42. The van der Waals surface area contributed by atoms with Crippen molar-refractivity contribution in [3.05, 3.63) is 96.3 Å². The summed E-state index contributed by atoms with van der Waals surface area (Å²) in [5.74, 6) is 5.39. The SMILES string of the molecule is CC[C@@H]1CN2CC[C@H]1C[C@H]2[C@H](Oc1nnc(O[C@H](c2ccnc3ccc(OC)cc23)[C@@H]2C[C@@H]3CCN2C[C@H]3CC)c2ccccc12)c1ccnc2ccc(OC)cc12. The fraction of sp³-hybridized carbons (Fsp3) is 0.458. The normalized spacial score (nSPS) is 27.4. The largest absolute Gasteiger partial charge is 0.497 e. The Morgan fingerprint density at radius 2 is 1.07 bits per heavy atom. The molecule has 6 aromatic rings. The Kier molecular flexibility index (Phi) is 10.0. The van der Waals surface area contributed by atoms with Crippen LogP contribution in [0.5, 0.6) is 23.3 Å². The zero-order valence-electron chi connectivity index (χ0n) is 34.1. The summed E-state index contributed by atoms with van der Waals surface area (Å²) in [5.41, 5.74) is 4.01. The van der Waals surface area contributed by atoms with Gasteiger partial charge in [-0.25, -0.2) is 0 Å². The monoisotopic (exact) mass is 778 g/mol. The van der Waals surface area contributed by atoms with E-state index in [1.54, 1.807) is 14.2 Å². The standard InChI is InChI=1S/C48H54N6O4/c1-5-29-27-53-21-17-31(29)23-43(53)45(35-15-19-49-41-13-11-33(55-3)25-39(35)41)57-47-37-9-7-8-10-38(37)48(52-51-47)58-46(44-24-32-18-22-54(44)28-30(32)6-2)36-16-20-50-42-14-12-34(56-4)26-40(36)42/h7-16,19-20,25-26,29-32,43-46H,5-6,17-18,21-24,27-28H2,1-4H3/t29-,30-,31+,32+,43+,44+,45-,46-/m1/s1. The Bertz CT molecular complexity index is 2280. The van der Waals surface area contributed by atoms with Gasteiger partial charge in [0.25, 0.3) is 0 Å². The van der Waals surface area contributed by atoms with Crippen LogP contribution in [0.25, 0.3) is 32.6 Å². The van der Waals surface area contributed by atoms with Gasteiger partial charge in [0.15, 0.2) is 0 Å². The molecule has 0 saturated carbocycles. The molecular weight excluding hydrogens is 725 g/mol. The van der Waals surface area contributed by atoms with Crippen molar-refractivity contribution in [3.63, 3.8) is 0 Å². The summed E-state index contributed by atoms with van der Waals surface area (Å²) in [6.07, 6.45) is 10.2. The van der Waals surface area contributed by atoms with Crippen molar-refractivity contribution in [2.24, 2.45) is 23.7 Å². The Morgan fingerprint density at radius 1 is 0.603 bits per heavy atom. The van der Waals surface area contributed by atoms with Crippen molar-refractivity contribution in [3.8, 4) is 23.3 Å². The summed E-state index contributed by atoms with van der Waals surface area (Å²) < 4.78 is 26.0. The van der Waals surface area contributed by atoms with E-state index in [4.69, 9.17) is 39.1 Å². The Balaban J connectivity index is 1.06. The quantitative estimate of drug-likeness (QED) is 0.120. The first-order chi connectivity index (χ1) is 28.5. The molecule has 6 aliphatic rings. The minimum Gasteiger partial charge on any atom is -0.497 e. The van der Waals surface area contributed by atoms with Gasteiger partial charge in [0.05, 0.1) is 48.1 Å². The molecule has 0 spiro atoms. The van der Waals surface area contributed by atoms with Crippen LogP contribution in [0.1, 0.15) is 75.7 Å². The number of piperidine rings is 6. The van der Waals surface area contributed by atoms with Gasteiger partial charge in [-0.1, -0.05) is 38.8 Å². The number of pyridine rings is 2. The molecule has 3 aromatic heterocycles. The summed E-state index contributed by atoms with van der Waals surface area (Å²) in [6.45, 7) is 9.00. The lowest BCUT2D eigenvalue weighted by Crippen LogP contribution is -2.56. The maximum absolute atomic E-state index is 7.30. The lowest BCUT2D eigenvalue weighted by molar-refractivity contribution is -0.0505. The van der Waals surface area contributed by atoms with Crippen LogP contribution in [0.4, 0.5) is 0 Å². The molecule has 10 heteroatoms. The van der Waals surface area contributed by atoms with Crippen LogP contribution in [-0.2, 0) is 0 Å². The van der Waals surface area contributed by atoms with Crippen LogP contribution >= 0.6 is 0 Å². The Hall–Kier alpha value is -5.06. The van der Waals surface area contributed by atoms with E-state index in [1.807, 2.05) is 36.7 Å². The highest BCUT2D eigenvalue weighted by Gasteiger charge is 2.46. The van der Waals surface area contributed by atoms with Crippen LogP contribution < -0.4 is 18.9 Å². The van der Waals surface area contributed by atoms with Crippen molar-refractivity contribution in [2.45, 2.75) is 76.7 Å². The number of hydrogen-bond acceptors (Lipinski definition) is 10. The Labute approximate surface area is 340 Å². The van der Waals surface area contributed by atoms with Crippen molar-refractivity contribution < 1.29 is 18.9 Å². The molecule has 58 heavy (non-hydrogen) atoms. The van der Waals surface area contributed by atoms with Crippen molar-refractivity contribution in [1.29, 1.82) is 0 Å². The average Bonchev–Trinajstić information content (AvgIpc) is 3.29. The number of fused-ring (bicyclic) bond motifs is 9. The molecule has 10 nitrogen and oxygen atoms in total. The molecule has 9 heterocycles. The van der Waals surface area contributed by atoms with E-state index >= 15 is 0 Å². The third-order valence-corrected chi connectivity index (χ3v) is 14.3. The van der Waals surface area contributed by atoms with Crippen molar-refractivity contribution in [1.82, 2.24) is 30.0 Å². The molecule has 6 fully saturated rings. The van der Waals surface area contributed by atoms with Crippen molar-refractivity contribution >= 4 is 32.6 Å². The number of methoxy groups -OCH3 is 2. The van der Waals surface area contributed by atoms with E-state index in [9.17, 15) is 0 Å². The van der Waals surface area contributed by atoms with E-state index in [0.717, 1.165) is 94.2 Å². The lowest BCUT2D eigenvalue weighted by Gasteiger charge is -2.52. The van der Waals surface area contributed by atoms with Crippen LogP contribution in [0.15, 0.2) is 85.2 Å². The van der Waals surface area contributed by atoms with Crippen molar-refractivity contribution in [2.75, 3.05) is 40.4 Å². The lowest BCUT2D eigenvalue weighted by atomic mass is 9.72. The molecule has 2 unspecified atom stereocenters. The highest BCUT2D eigenvalue weighted by atomic mass is 16.5. The maximum atomic E-state index is 7.30. The van der Waals surface area contributed by atoms with Crippen LogP contribution in [0.3, 0.4) is 0 Å². The predicted molar refractivity (Wildman–Crippen MR) is 227 cm³/mol. The zero-order chi connectivity index (χ0) is 39.3. The summed E-state index contributed by atoms with van der Waals surface area (Å²) in [4.78, 5) is 14.8. The maximum Gasteiger partial charge on any atom is 0.242 e. The number of rotatable bonds is 12. The van der Waals surface area contributed by atoms with Crippen LogP contribution in [-0.4, -0.2) is 82.4 Å². The first-order valence-electron chi connectivity index (χ1n) is 21.5. The van der Waals surface area contributed by atoms with E-state index in [1.165, 1.54) is 25.7 Å². The van der Waals surface area contributed by atoms with Gasteiger partial charge in [0.1, 0.15) is 23.7 Å². The zero-order valence-corrected chi connectivity index (χ0v) is 34.1. The Morgan fingerprint density at radius 3 is 1.47 bits per heavy atom. The molecule has 0 N–H and O–H groups in total. The first kappa shape index (κ1) is 37.2. The van der Waals surface area contributed by atoms with Gasteiger partial charge < -0.3 is 18.9 Å². The average molecular weight is 779 g/mol. The number of benzene rings is 3. The fourth-order valence-electron chi connectivity index (χ4n) is 11.1. The molecule has 3 aromatic carbocycles. The number of ether oxygens (including phenoxy) is 4. The number of aromatic nitrogens is 4. The minimum atomic E-state index is -0.300. The van der Waals surface area contributed by atoms with E-state index in [-0.39, 0.29) is 24.3 Å². The number of nitrogens with zero attached hydrogens (tertiary/aromatic N) is 6. The van der Waals surface area contributed by atoms with Crippen LogP contribution in [0.2, 0.25) is 0 Å². The van der Waals surface area contributed by atoms with Gasteiger partial charge in [-0.15, -0.1) is 10.2 Å². The first-order valence-corrected chi connectivity index (χ1v) is 21.5. The molecule has 300 valence electrons. The molecule has 6 aliphatic heterocycles. The molecule has 0 radical (unpaired) electrons. The molecule has 4 bridgehead atoms. The van der Waals surface area contributed by atoms with Gasteiger partial charge in [0.2, 0.25) is 11.8 Å². The summed E-state index contributed by atoms with van der Waals surface area (Å²) >= 11 is 0. The van der Waals surface area contributed by atoms with E-state index in [2.05, 4.69) is 72.2 Å². The predicted octanol–water partition coefficient (Wildman–Crippen LogP) is 9.22. The fourth-order valence-corrected chi connectivity index (χ4v) is 11.1. The highest BCUT2D eigenvalue weighted by Crippen LogP contribution is 2.47. The topological polar surface area (TPSA) is 95.0 Å². The minimum absolute atomic E-state index is 0.180. The third kappa shape index (κ3) is 6.58. The third-order valence-electron chi connectivity index (χ3n) is 14.3. The second-order valence-electron chi connectivity index (χ2n) is 17.0. The molecule has 10 atom stereocenters. The second-order valence-corrected chi connectivity index (χ2v) is 17.0. The molecule has 0 amide bonds. The van der Waals surface area contributed by atoms with Gasteiger partial charge in [-0.3, -0.25) is 19.8 Å². The molecule has 0 aliphatic carbocycles. The van der Waals surface area contributed by atoms with Crippen LogP contribution in [0, 0.1) is 23.7 Å². The van der Waals surface area contributed by atoms with Gasteiger partial charge in [-0.05, 0) is 123 Å². The van der Waals surface area contributed by atoms with E-state index in [0.29, 0.717) is 35.4 Å².